The Kier molecular flexibility index (Phi) is 4.85. The average Bonchev–Trinajstić information content (AvgIpc) is 2.45. The second kappa shape index (κ2) is 6.62. The number of nitrogens with one attached hydrogen (secondary N) is 1. The molecular formula is C17H19F2N. The van der Waals surface area contributed by atoms with Crippen LogP contribution in [0.2, 0.25) is 0 Å². The first kappa shape index (κ1) is 14.7. The maximum absolute atomic E-state index is 13.9. The molecule has 0 bridgehead atoms. The Labute approximate surface area is 118 Å². The minimum atomic E-state index is -0.427. The summed E-state index contributed by atoms with van der Waals surface area (Å²) < 4.78 is 27.2. The van der Waals surface area contributed by atoms with Gasteiger partial charge in [0.2, 0.25) is 0 Å². The Morgan fingerprint density at radius 1 is 1.05 bits per heavy atom. The number of hydrogen-bond acceptors (Lipinski definition) is 1. The molecule has 2 aromatic rings. The van der Waals surface area contributed by atoms with E-state index in [1.165, 1.54) is 17.7 Å². The third kappa shape index (κ3) is 3.23. The molecule has 1 N–H and O–H groups in total. The molecule has 2 aromatic carbocycles. The summed E-state index contributed by atoms with van der Waals surface area (Å²) in [6, 6.07) is 11.2. The van der Waals surface area contributed by atoms with E-state index in [-0.39, 0.29) is 6.04 Å². The molecule has 106 valence electrons. The minimum absolute atomic E-state index is 0.329. The van der Waals surface area contributed by atoms with E-state index < -0.39 is 11.6 Å². The summed E-state index contributed by atoms with van der Waals surface area (Å²) in [4.78, 5) is 0. The van der Waals surface area contributed by atoms with Crippen molar-refractivity contribution in [1.82, 2.24) is 5.32 Å². The quantitative estimate of drug-likeness (QED) is 0.861. The molecule has 20 heavy (non-hydrogen) atoms. The van der Waals surface area contributed by atoms with Crippen LogP contribution in [0.15, 0.2) is 42.5 Å². The van der Waals surface area contributed by atoms with Crippen molar-refractivity contribution in [1.29, 1.82) is 0 Å². The maximum atomic E-state index is 13.9. The van der Waals surface area contributed by atoms with E-state index in [0.29, 0.717) is 5.56 Å². The molecule has 3 heteroatoms. The highest BCUT2D eigenvalue weighted by atomic mass is 19.1. The summed E-state index contributed by atoms with van der Waals surface area (Å²) in [5.74, 6) is -0.826. The third-order valence-corrected chi connectivity index (χ3v) is 3.41. The molecule has 0 spiro atoms. The van der Waals surface area contributed by atoms with Gasteiger partial charge in [-0.25, -0.2) is 8.78 Å². The Morgan fingerprint density at radius 3 is 2.35 bits per heavy atom. The van der Waals surface area contributed by atoms with Crippen molar-refractivity contribution in [3.63, 3.8) is 0 Å². The van der Waals surface area contributed by atoms with Crippen LogP contribution in [0.1, 0.15) is 36.1 Å². The van der Waals surface area contributed by atoms with E-state index in [9.17, 15) is 8.78 Å². The molecule has 1 atom stereocenters. The van der Waals surface area contributed by atoms with Gasteiger partial charge in [-0.3, -0.25) is 0 Å². The first-order valence-electron chi connectivity index (χ1n) is 6.86. The Bertz CT molecular complexity index is 564. The monoisotopic (exact) mass is 275 g/mol. The molecule has 0 aliphatic rings. The Hall–Kier alpha value is -1.74. The van der Waals surface area contributed by atoms with Crippen LogP contribution in [0.3, 0.4) is 0 Å². The van der Waals surface area contributed by atoms with E-state index >= 15 is 0 Å². The lowest BCUT2D eigenvalue weighted by atomic mass is 9.96. The number of hydrogen-bond donors (Lipinski definition) is 1. The standard InChI is InChI=1S/C17H19F2N/c1-3-4-12-5-7-13(8-6-12)17(20-2)15-11-14(18)9-10-16(15)19/h5-11,17,20H,3-4H2,1-2H3. The van der Waals surface area contributed by atoms with E-state index in [0.717, 1.165) is 24.5 Å². The van der Waals surface area contributed by atoms with Crippen molar-refractivity contribution >= 4 is 0 Å². The van der Waals surface area contributed by atoms with Crippen LogP contribution < -0.4 is 5.32 Å². The second-order valence-corrected chi connectivity index (χ2v) is 4.88. The Balaban J connectivity index is 2.34. The van der Waals surface area contributed by atoms with E-state index in [4.69, 9.17) is 0 Å². The summed E-state index contributed by atoms with van der Waals surface area (Å²) in [7, 11) is 1.75. The summed E-state index contributed by atoms with van der Waals surface area (Å²) in [5.41, 5.74) is 2.51. The van der Waals surface area contributed by atoms with Crippen molar-refractivity contribution in [2.24, 2.45) is 0 Å². The summed E-state index contributed by atoms with van der Waals surface area (Å²) in [6.45, 7) is 2.13. The summed E-state index contributed by atoms with van der Waals surface area (Å²) in [5, 5.41) is 3.05. The van der Waals surface area contributed by atoms with Crippen LogP contribution in [0.25, 0.3) is 0 Å². The van der Waals surface area contributed by atoms with Gasteiger partial charge in [0.25, 0.3) is 0 Å². The van der Waals surface area contributed by atoms with Crippen LogP contribution in [0, 0.1) is 11.6 Å². The lowest BCUT2D eigenvalue weighted by Gasteiger charge is -2.18. The normalized spacial score (nSPS) is 12.4. The zero-order chi connectivity index (χ0) is 14.5. The Morgan fingerprint density at radius 2 is 1.75 bits per heavy atom. The molecule has 0 fully saturated rings. The highest BCUT2D eigenvalue weighted by molar-refractivity contribution is 5.34. The van der Waals surface area contributed by atoms with Crippen molar-refractivity contribution in [3.8, 4) is 0 Å². The summed E-state index contributed by atoms with van der Waals surface area (Å²) in [6.07, 6.45) is 2.12. The van der Waals surface area contributed by atoms with Crippen molar-refractivity contribution in [2.75, 3.05) is 7.05 Å². The van der Waals surface area contributed by atoms with Crippen LogP contribution in [0.4, 0.5) is 8.78 Å². The van der Waals surface area contributed by atoms with Crippen LogP contribution in [-0.2, 0) is 6.42 Å². The van der Waals surface area contributed by atoms with Gasteiger partial charge in [-0.15, -0.1) is 0 Å². The predicted octanol–water partition coefficient (Wildman–Crippen LogP) is 4.23. The van der Waals surface area contributed by atoms with Gasteiger partial charge >= 0.3 is 0 Å². The lowest BCUT2D eigenvalue weighted by molar-refractivity contribution is 0.558. The lowest BCUT2D eigenvalue weighted by Crippen LogP contribution is -2.19. The largest absolute Gasteiger partial charge is 0.309 e. The molecule has 0 saturated heterocycles. The van der Waals surface area contributed by atoms with Gasteiger partial charge in [0, 0.05) is 5.56 Å². The fourth-order valence-corrected chi connectivity index (χ4v) is 2.40. The highest BCUT2D eigenvalue weighted by Gasteiger charge is 2.16. The van der Waals surface area contributed by atoms with E-state index in [1.807, 2.05) is 24.3 Å². The molecule has 0 aliphatic heterocycles. The molecule has 0 amide bonds. The topological polar surface area (TPSA) is 12.0 Å². The van der Waals surface area contributed by atoms with Crippen molar-refractivity contribution < 1.29 is 8.78 Å². The molecule has 0 aromatic heterocycles. The number of rotatable bonds is 5. The number of aryl methyl sites for hydroxylation is 1. The zero-order valence-electron chi connectivity index (χ0n) is 11.8. The molecule has 0 aliphatic carbocycles. The van der Waals surface area contributed by atoms with E-state index in [2.05, 4.69) is 12.2 Å². The smallest absolute Gasteiger partial charge is 0.128 e. The zero-order valence-corrected chi connectivity index (χ0v) is 11.8. The molecule has 0 saturated carbocycles. The van der Waals surface area contributed by atoms with E-state index in [1.54, 1.807) is 7.05 Å². The third-order valence-electron chi connectivity index (χ3n) is 3.41. The highest BCUT2D eigenvalue weighted by Crippen LogP contribution is 2.25. The van der Waals surface area contributed by atoms with Crippen molar-refractivity contribution in [2.45, 2.75) is 25.8 Å². The average molecular weight is 275 g/mol. The predicted molar refractivity (Wildman–Crippen MR) is 77.7 cm³/mol. The van der Waals surface area contributed by atoms with Crippen LogP contribution in [-0.4, -0.2) is 7.05 Å². The first-order chi connectivity index (χ1) is 9.65. The molecule has 2 rings (SSSR count). The minimum Gasteiger partial charge on any atom is -0.309 e. The van der Waals surface area contributed by atoms with Gasteiger partial charge in [-0.2, -0.15) is 0 Å². The number of halogens is 2. The fraction of sp³-hybridized carbons (Fsp3) is 0.294. The molecular weight excluding hydrogens is 256 g/mol. The molecule has 1 nitrogen and oxygen atoms in total. The molecule has 0 radical (unpaired) electrons. The SMILES string of the molecule is CCCc1ccc(C(NC)c2cc(F)ccc2F)cc1. The van der Waals surface area contributed by atoms with Crippen LogP contribution >= 0.6 is 0 Å². The maximum Gasteiger partial charge on any atom is 0.128 e. The fourth-order valence-electron chi connectivity index (χ4n) is 2.40. The van der Waals surface area contributed by atoms with Crippen molar-refractivity contribution in [3.05, 3.63) is 70.8 Å². The van der Waals surface area contributed by atoms with Gasteiger partial charge in [0.15, 0.2) is 0 Å². The van der Waals surface area contributed by atoms with Gasteiger partial charge in [0.05, 0.1) is 6.04 Å². The molecule has 0 heterocycles. The molecule has 1 unspecified atom stereocenters. The van der Waals surface area contributed by atoms with Gasteiger partial charge in [-0.1, -0.05) is 37.6 Å². The van der Waals surface area contributed by atoms with Crippen LogP contribution in [0.5, 0.6) is 0 Å². The second-order valence-electron chi connectivity index (χ2n) is 4.88. The van der Waals surface area contributed by atoms with Gasteiger partial charge in [-0.05, 0) is 42.8 Å². The number of benzene rings is 2. The van der Waals surface area contributed by atoms with Gasteiger partial charge in [0.1, 0.15) is 11.6 Å². The summed E-state index contributed by atoms with van der Waals surface area (Å²) >= 11 is 0. The van der Waals surface area contributed by atoms with Gasteiger partial charge < -0.3 is 5.32 Å². The first-order valence-corrected chi connectivity index (χ1v) is 6.86.